The van der Waals surface area contributed by atoms with E-state index in [1.807, 2.05) is 30.3 Å². The number of primary amides is 1. The Morgan fingerprint density at radius 2 is 2.00 bits per heavy atom. The van der Waals surface area contributed by atoms with Crippen LogP contribution in [0.15, 0.2) is 55.0 Å². The van der Waals surface area contributed by atoms with E-state index in [0.29, 0.717) is 12.2 Å². The quantitative estimate of drug-likeness (QED) is 0.718. The smallest absolute Gasteiger partial charge is 0.272 e. The molecule has 3 N–H and O–H groups in total. The van der Waals surface area contributed by atoms with Crippen molar-refractivity contribution in [1.82, 2.24) is 19.7 Å². The number of amides is 2. The van der Waals surface area contributed by atoms with Gasteiger partial charge in [-0.1, -0.05) is 30.3 Å². The van der Waals surface area contributed by atoms with Gasteiger partial charge >= 0.3 is 0 Å². The molecule has 1 aromatic carbocycles. The summed E-state index contributed by atoms with van der Waals surface area (Å²) in [6.07, 6.45) is 5.21. The number of carbonyl (C=O) groups is 2. The van der Waals surface area contributed by atoms with Crippen molar-refractivity contribution >= 4 is 17.6 Å². The van der Waals surface area contributed by atoms with E-state index in [2.05, 4.69) is 15.3 Å². The fraction of sp³-hybridized carbons (Fsp3) is 0.125. The van der Waals surface area contributed by atoms with Gasteiger partial charge in [-0.2, -0.15) is 0 Å². The first-order chi connectivity index (χ1) is 11.1. The number of benzene rings is 1. The van der Waals surface area contributed by atoms with Gasteiger partial charge in [0.15, 0.2) is 0 Å². The molecule has 0 aliphatic carbocycles. The number of aromatic nitrogens is 3. The van der Waals surface area contributed by atoms with E-state index in [-0.39, 0.29) is 5.69 Å². The third-order valence-electron chi connectivity index (χ3n) is 3.40. The summed E-state index contributed by atoms with van der Waals surface area (Å²) in [4.78, 5) is 32.1. The van der Waals surface area contributed by atoms with Crippen LogP contribution in [-0.2, 0) is 11.2 Å². The third kappa shape index (κ3) is 3.34. The van der Waals surface area contributed by atoms with E-state index in [1.165, 1.54) is 0 Å². The first kappa shape index (κ1) is 14.7. The molecular formula is C16H15N5O2. The lowest BCUT2D eigenvalue weighted by Crippen LogP contribution is -2.45. The van der Waals surface area contributed by atoms with Gasteiger partial charge in [0.25, 0.3) is 5.91 Å². The summed E-state index contributed by atoms with van der Waals surface area (Å²) in [5.41, 5.74) is 6.49. The second-order valence-corrected chi connectivity index (χ2v) is 5.07. The van der Waals surface area contributed by atoms with E-state index in [4.69, 9.17) is 5.73 Å². The van der Waals surface area contributed by atoms with Gasteiger partial charge in [-0.15, -0.1) is 0 Å². The van der Waals surface area contributed by atoms with Crippen molar-refractivity contribution in [3.05, 3.63) is 66.2 Å². The number of hydrogen-bond acceptors (Lipinski definition) is 4. The topological polar surface area (TPSA) is 102 Å². The van der Waals surface area contributed by atoms with Crippen LogP contribution in [0.25, 0.3) is 5.78 Å². The Morgan fingerprint density at radius 1 is 1.22 bits per heavy atom. The average molecular weight is 309 g/mol. The Kier molecular flexibility index (Phi) is 4.01. The highest BCUT2D eigenvalue weighted by Gasteiger charge is 2.21. The van der Waals surface area contributed by atoms with Crippen LogP contribution in [0, 0.1) is 0 Å². The van der Waals surface area contributed by atoms with Crippen LogP contribution in [0.3, 0.4) is 0 Å². The van der Waals surface area contributed by atoms with Gasteiger partial charge in [-0.25, -0.2) is 9.97 Å². The van der Waals surface area contributed by atoms with Gasteiger partial charge < -0.3 is 11.1 Å². The zero-order valence-corrected chi connectivity index (χ0v) is 12.2. The van der Waals surface area contributed by atoms with Gasteiger partial charge in [0.05, 0.1) is 0 Å². The lowest BCUT2D eigenvalue weighted by Gasteiger charge is -2.14. The second-order valence-electron chi connectivity index (χ2n) is 5.07. The van der Waals surface area contributed by atoms with Crippen molar-refractivity contribution in [2.24, 2.45) is 5.73 Å². The molecule has 116 valence electrons. The molecule has 0 spiro atoms. The van der Waals surface area contributed by atoms with Crippen molar-refractivity contribution in [1.29, 1.82) is 0 Å². The minimum Gasteiger partial charge on any atom is -0.368 e. The molecule has 0 radical (unpaired) electrons. The third-order valence-corrected chi connectivity index (χ3v) is 3.40. The van der Waals surface area contributed by atoms with E-state index in [1.54, 1.807) is 29.1 Å². The zero-order valence-electron chi connectivity index (χ0n) is 12.2. The molecule has 23 heavy (non-hydrogen) atoms. The van der Waals surface area contributed by atoms with Gasteiger partial charge in [0.2, 0.25) is 11.7 Å². The lowest BCUT2D eigenvalue weighted by molar-refractivity contribution is -0.119. The van der Waals surface area contributed by atoms with Gasteiger partial charge in [-0.05, 0) is 11.6 Å². The Bertz CT molecular complexity index is 811. The Labute approximate surface area is 132 Å². The van der Waals surface area contributed by atoms with Crippen LogP contribution in [0.4, 0.5) is 0 Å². The van der Waals surface area contributed by atoms with Crippen molar-refractivity contribution in [2.75, 3.05) is 0 Å². The molecule has 7 nitrogen and oxygen atoms in total. The summed E-state index contributed by atoms with van der Waals surface area (Å²) >= 11 is 0. The Hall–Kier alpha value is -3.22. The van der Waals surface area contributed by atoms with Crippen LogP contribution in [0.5, 0.6) is 0 Å². The predicted octanol–water partition coefficient (Wildman–Crippen LogP) is 0.556. The van der Waals surface area contributed by atoms with Gasteiger partial charge in [0.1, 0.15) is 11.7 Å². The minimum absolute atomic E-state index is 0.183. The molecule has 2 heterocycles. The van der Waals surface area contributed by atoms with E-state index >= 15 is 0 Å². The molecule has 0 fully saturated rings. The molecule has 0 unspecified atom stereocenters. The number of rotatable bonds is 5. The van der Waals surface area contributed by atoms with E-state index in [0.717, 1.165) is 5.56 Å². The van der Waals surface area contributed by atoms with Gasteiger partial charge in [-0.3, -0.25) is 14.0 Å². The fourth-order valence-electron chi connectivity index (χ4n) is 2.24. The first-order valence-electron chi connectivity index (χ1n) is 7.07. The van der Waals surface area contributed by atoms with Crippen molar-refractivity contribution in [3.63, 3.8) is 0 Å². The van der Waals surface area contributed by atoms with Crippen LogP contribution in [0.1, 0.15) is 16.1 Å². The standard InChI is InChI=1S/C16H15N5O2/c17-14(22)12(9-11-5-2-1-3-6-11)19-15(23)13-10-21-8-4-7-18-16(21)20-13/h1-8,10,12H,9H2,(H2,17,22)(H,19,23)/t12-/m0/s1. The molecule has 3 aromatic rings. The van der Waals surface area contributed by atoms with Crippen molar-refractivity contribution in [3.8, 4) is 0 Å². The number of nitrogens with one attached hydrogen (secondary N) is 1. The largest absolute Gasteiger partial charge is 0.368 e. The number of nitrogens with zero attached hydrogens (tertiary/aromatic N) is 3. The molecule has 0 aliphatic rings. The SMILES string of the molecule is NC(=O)[C@H](Cc1ccccc1)NC(=O)c1cn2cccnc2n1. The summed E-state index contributed by atoms with van der Waals surface area (Å²) in [6.45, 7) is 0. The van der Waals surface area contributed by atoms with Crippen molar-refractivity contribution in [2.45, 2.75) is 12.5 Å². The molecule has 0 aliphatic heterocycles. The summed E-state index contributed by atoms with van der Waals surface area (Å²) in [5.74, 6) is -0.643. The molecule has 0 saturated carbocycles. The summed E-state index contributed by atoms with van der Waals surface area (Å²) < 4.78 is 1.63. The number of hydrogen-bond donors (Lipinski definition) is 2. The first-order valence-corrected chi connectivity index (χ1v) is 7.07. The van der Waals surface area contributed by atoms with Crippen LogP contribution < -0.4 is 11.1 Å². The minimum atomic E-state index is -0.803. The summed E-state index contributed by atoms with van der Waals surface area (Å²) in [6, 6.07) is 10.3. The molecule has 1 atom stereocenters. The molecule has 0 saturated heterocycles. The lowest BCUT2D eigenvalue weighted by atomic mass is 10.1. The fourth-order valence-corrected chi connectivity index (χ4v) is 2.24. The number of imidazole rings is 1. The van der Waals surface area contributed by atoms with Crippen LogP contribution >= 0.6 is 0 Å². The number of fused-ring (bicyclic) bond motifs is 1. The Balaban J connectivity index is 1.76. The second kappa shape index (κ2) is 6.27. The maximum Gasteiger partial charge on any atom is 0.272 e. The highest BCUT2D eigenvalue weighted by Crippen LogP contribution is 2.06. The molecule has 3 rings (SSSR count). The zero-order chi connectivity index (χ0) is 16.2. The average Bonchev–Trinajstić information content (AvgIpc) is 2.99. The maximum atomic E-state index is 12.3. The molecule has 7 heteroatoms. The molecule has 2 aromatic heterocycles. The number of nitrogens with two attached hydrogens (primary N) is 1. The molecular weight excluding hydrogens is 294 g/mol. The summed E-state index contributed by atoms with van der Waals surface area (Å²) in [5, 5.41) is 2.63. The van der Waals surface area contributed by atoms with Crippen molar-refractivity contribution < 1.29 is 9.59 Å². The maximum absolute atomic E-state index is 12.3. The number of carbonyl (C=O) groups excluding carboxylic acids is 2. The summed E-state index contributed by atoms with van der Waals surface area (Å²) in [7, 11) is 0. The Morgan fingerprint density at radius 3 is 2.70 bits per heavy atom. The predicted molar refractivity (Wildman–Crippen MR) is 83.6 cm³/mol. The highest BCUT2D eigenvalue weighted by atomic mass is 16.2. The van der Waals surface area contributed by atoms with E-state index < -0.39 is 17.9 Å². The normalized spacial score (nSPS) is 12.0. The highest BCUT2D eigenvalue weighted by molar-refractivity contribution is 5.96. The van der Waals surface area contributed by atoms with Crippen LogP contribution in [-0.4, -0.2) is 32.2 Å². The molecule has 2 amide bonds. The van der Waals surface area contributed by atoms with Crippen LogP contribution in [0.2, 0.25) is 0 Å². The van der Waals surface area contributed by atoms with Gasteiger partial charge in [0, 0.05) is 25.0 Å². The molecule has 0 bridgehead atoms. The van der Waals surface area contributed by atoms with E-state index in [9.17, 15) is 9.59 Å². The monoisotopic (exact) mass is 309 g/mol.